The second-order valence-electron chi connectivity index (χ2n) is 8.58. The van der Waals surface area contributed by atoms with Crippen LogP contribution in [0.4, 0.5) is 5.69 Å². The molecule has 0 radical (unpaired) electrons. The van der Waals surface area contributed by atoms with Gasteiger partial charge in [0.25, 0.3) is 0 Å². The Morgan fingerprint density at radius 3 is 2.75 bits per heavy atom. The SMILES string of the molecule is CN1CCc2nc3ccccc3c(C(=O)OCCC(=O)N3CCCc4ccccc43)c2C1. The van der Waals surface area contributed by atoms with Crippen LogP contribution in [-0.2, 0) is 28.9 Å². The third-order valence-corrected chi connectivity index (χ3v) is 6.40. The Balaban J connectivity index is 1.33. The quantitative estimate of drug-likeness (QED) is 0.591. The van der Waals surface area contributed by atoms with Crippen LogP contribution in [0.3, 0.4) is 0 Å². The van der Waals surface area contributed by atoms with Gasteiger partial charge in [-0.2, -0.15) is 0 Å². The molecule has 3 aromatic rings. The monoisotopic (exact) mass is 429 g/mol. The fraction of sp³-hybridized carbons (Fsp3) is 0.346. The van der Waals surface area contributed by atoms with Crippen molar-refractivity contribution in [3.63, 3.8) is 0 Å². The molecule has 32 heavy (non-hydrogen) atoms. The van der Waals surface area contributed by atoms with Gasteiger partial charge in [-0.1, -0.05) is 36.4 Å². The lowest BCUT2D eigenvalue weighted by Gasteiger charge is -2.29. The van der Waals surface area contributed by atoms with Crippen molar-refractivity contribution in [3.05, 3.63) is 70.9 Å². The number of ether oxygens (including phenoxy) is 1. The molecule has 0 aliphatic carbocycles. The van der Waals surface area contributed by atoms with Crippen molar-refractivity contribution < 1.29 is 14.3 Å². The van der Waals surface area contributed by atoms with Gasteiger partial charge in [-0.05, 0) is 37.6 Å². The number of anilines is 1. The fourth-order valence-electron chi connectivity index (χ4n) is 4.79. The zero-order valence-corrected chi connectivity index (χ0v) is 18.3. The van der Waals surface area contributed by atoms with Crippen molar-refractivity contribution in [2.45, 2.75) is 32.2 Å². The zero-order valence-electron chi connectivity index (χ0n) is 18.3. The van der Waals surface area contributed by atoms with Crippen LogP contribution in [0.2, 0.25) is 0 Å². The molecule has 2 aromatic carbocycles. The predicted octanol–water partition coefficient (Wildman–Crippen LogP) is 3.75. The predicted molar refractivity (Wildman–Crippen MR) is 124 cm³/mol. The lowest BCUT2D eigenvalue weighted by Crippen LogP contribution is -2.36. The second-order valence-corrected chi connectivity index (χ2v) is 8.58. The van der Waals surface area contributed by atoms with Gasteiger partial charge in [0.15, 0.2) is 0 Å². The zero-order chi connectivity index (χ0) is 22.1. The molecule has 0 atom stereocenters. The summed E-state index contributed by atoms with van der Waals surface area (Å²) in [6.45, 7) is 2.36. The van der Waals surface area contributed by atoms with Crippen LogP contribution >= 0.6 is 0 Å². The lowest BCUT2D eigenvalue weighted by molar-refractivity contribution is -0.119. The Bertz CT molecular complexity index is 1190. The van der Waals surface area contributed by atoms with E-state index in [2.05, 4.69) is 11.0 Å². The largest absolute Gasteiger partial charge is 0.462 e. The van der Waals surface area contributed by atoms with Gasteiger partial charge in [-0.25, -0.2) is 4.79 Å². The molecule has 0 bridgehead atoms. The van der Waals surface area contributed by atoms with Crippen molar-refractivity contribution in [3.8, 4) is 0 Å². The number of carbonyl (C=O) groups excluding carboxylic acids is 2. The first-order valence-corrected chi connectivity index (χ1v) is 11.3. The Morgan fingerprint density at radius 1 is 1.03 bits per heavy atom. The highest BCUT2D eigenvalue weighted by molar-refractivity contribution is 6.05. The number of esters is 1. The van der Waals surface area contributed by atoms with Crippen LogP contribution in [0.25, 0.3) is 10.9 Å². The summed E-state index contributed by atoms with van der Waals surface area (Å²) in [7, 11) is 2.04. The van der Waals surface area contributed by atoms with E-state index >= 15 is 0 Å². The number of amides is 1. The number of aromatic nitrogens is 1. The Morgan fingerprint density at radius 2 is 1.84 bits per heavy atom. The molecule has 0 N–H and O–H groups in total. The maximum Gasteiger partial charge on any atom is 0.339 e. The summed E-state index contributed by atoms with van der Waals surface area (Å²) >= 11 is 0. The number of fused-ring (bicyclic) bond motifs is 3. The highest BCUT2D eigenvalue weighted by Crippen LogP contribution is 2.29. The second kappa shape index (κ2) is 8.71. The van der Waals surface area contributed by atoms with Gasteiger partial charge in [-0.15, -0.1) is 0 Å². The molecular weight excluding hydrogens is 402 g/mol. The maximum atomic E-state index is 13.2. The minimum absolute atomic E-state index is 0.00806. The van der Waals surface area contributed by atoms with Gasteiger partial charge in [0.2, 0.25) is 5.91 Å². The molecule has 1 amide bonds. The van der Waals surface area contributed by atoms with E-state index in [9.17, 15) is 9.59 Å². The van der Waals surface area contributed by atoms with E-state index in [0.29, 0.717) is 18.7 Å². The van der Waals surface area contributed by atoms with E-state index in [-0.39, 0.29) is 24.9 Å². The third kappa shape index (κ3) is 3.86. The van der Waals surface area contributed by atoms with Crippen LogP contribution < -0.4 is 4.90 Å². The van der Waals surface area contributed by atoms with E-state index in [1.54, 1.807) is 0 Å². The van der Waals surface area contributed by atoms with Crippen molar-refractivity contribution in [2.24, 2.45) is 0 Å². The number of aryl methyl sites for hydroxylation is 1. The number of para-hydroxylation sites is 2. The average molecular weight is 430 g/mol. The summed E-state index contributed by atoms with van der Waals surface area (Å²) < 4.78 is 5.65. The summed E-state index contributed by atoms with van der Waals surface area (Å²) in [5.74, 6) is -0.381. The van der Waals surface area contributed by atoms with Crippen LogP contribution in [0.15, 0.2) is 48.5 Å². The Hall–Kier alpha value is -3.25. The molecule has 3 heterocycles. The van der Waals surface area contributed by atoms with E-state index in [4.69, 9.17) is 9.72 Å². The Labute approximate surface area is 187 Å². The molecule has 5 rings (SSSR count). The summed E-state index contributed by atoms with van der Waals surface area (Å²) in [6, 6.07) is 15.7. The first kappa shape index (κ1) is 20.6. The van der Waals surface area contributed by atoms with Gasteiger partial charge < -0.3 is 14.5 Å². The van der Waals surface area contributed by atoms with Crippen molar-refractivity contribution in [2.75, 3.05) is 31.6 Å². The van der Waals surface area contributed by atoms with Crippen LogP contribution in [-0.4, -0.2) is 48.5 Å². The third-order valence-electron chi connectivity index (χ3n) is 6.40. The minimum Gasteiger partial charge on any atom is -0.462 e. The Kier molecular flexibility index (Phi) is 5.62. The van der Waals surface area contributed by atoms with Crippen LogP contribution in [0.1, 0.15) is 40.0 Å². The summed E-state index contributed by atoms with van der Waals surface area (Å²) in [4.78, 5) is 34.9. The van der Waals surface area contributed by atoms with Gasteiger partial charge in [0.05, 0.1) is 17.5 Å². The number of pyridine rings is 1. The number of likely N-dealkylation sites (N-methyl/N-ethyl adjacent to an activating group) is 1. The molecule has 0 fully saturated rings. The summed E-state index contributed by atoms with van der Waals surface area (Å²) in [5.41, 5.74) is 5.49. The molecule has 6 nitrogen and oxygen atoms in total. The number of hydrogen-bond acceptors (Lipinski definition) is 5. The smallest absolute Gasteiger partial charge is 0.339 e. The normalized spacial score (nSPS) is 15.8. The molecule has 0 unspecified atom stereocenters. The molecule has 2 aliphatic rings. The molecule has 1 aromatic heterocycles. The lowest BCUT2D eigenvalue weighted by atomic mass is 9.96. The summed E-state index contributed by atoms with van der Waals surface area (Å²) in [5, 5.41) is 0.808. The molecule has 0 saturated heterocycles. The van der Waals surface area contributed by atoms with Crippen molar-refractivity contribution in [1.29, 1.82) is 0 Å². The molecule has 0 spiro atoms. The van der Waals surface area contributed by atoms with Gasteiger partial charge >= 0.3 is 5.97 Å². The maximum absolute atomic E-state index is 13.2. The molecule has 0 saturated carbocycles. The summed E-state index contributed by atoms with van der Waals surface area (Å²) in [6.07, 6.45) is 2.92. The number of benzene rings is 2. The van der Waals surface area contributed by atoms with Gasteiger partial charge in [0, 0.05) is 48.4 Å². The first-order chi connectivity index (χ1) is 15.6. The number of hydrogen-bond donors (Lipinski definition) is 0. The van der Waals surface area contributed by atoms with Gasteiger partial charge in [0.1, 0.15) is 6.61 Å². The fourth-order valence-corrected chi connectivity index (χ4v) is 4.79. The van der Waals surface area contributed by atoms with E-state index in [1.807, 2.05) is 54.4 Å². The van der Waals surface area contributed by atoms with Crippen molar-refractivity contribution in [1.82, 2.24) is 9.88 Å². The minimum atomic E-state index is -0.373. The molecule has 2 aliphatic heterocycles. The number of nitrogens with zero attached hydrogens (tertiary/aromatic N) is 3. The average Bonchev–Trinajstić information content (AvgIpc) is 2.82. The first-order valence-electron chi connectivity index (χ1n) is 11.3. The topological polar surface area (TPSA) is 62.7 Å². The molecule has 6 heteroatoms. The van der Waals surface area contributed by atoms with Crippen molar-refractivity contribution >= 4 is 28.5 Å². The van der Waals surface area contributed by atoms with Crippen LogP contribution in [0, 0.1) is 0 Å². The van der Waals surface area contributed by atoms with Gasteiger partial charge in [-0.3, -0.25) is 9.78 Å². The molecule has 164 valence electrons. The van der Waals surface area contributed by atoms with E-state index in [1.165, 1.54) is 5.56 Å². The highest BCUT2D eigenvalue weighted by atomic mass is 16.5. The van der Waals surface area contributed by atoms with Crippen LogP contribution in [0.5, 0.6) is 0 Å². The van der Waals surface area contributed by atoms with E-state index in [0.717, 1.165) is 53.7 Å². The number of rotatable bonds is 4. The molecular formula is C26H27N3O3. The standard InChI is InChI=1S/C26H27N3O3/c1-28-15-12-22-20(17-28)25(19-9-3-4-10-21(19)27-22)26(31)32-16-13-24(30)29-14-6-8-18-7-2-5-11-23(18)29/h2-5,7,9-11H,6,8,12-17H2,1H3. The number of carbonyl (C=O) groups is 2. The highest BCUT2D eigenvalue weighted by Gasteiger charge is 2.26. The van der Waals surface area contributed by atoms with E-state index < -0.39 is 0 Å².